The highest BCUT2D eigenvalue weighted by Gasteiger charge is 2.09. The van der Waals surface area contributed by atoms with Crippen molar-refractivity contribution in [2.24, 2.45) is 0 Å². The number of para-hydroxylation sites is 1. The van der Waals surface area contributed by atoms with Gasteiger partial charge in [-0.05, 0) is 42.8 Å². The van der Waals surface area contributed by atoms with Crippen LogP contribution in [0, 0.1) is 0 Å². The molecule has 3 rings (SSSR count). The normalized spacial score (nSPS) is 10.9. The fraction of sp³-hybridized carbons (Fsp3) is 0.150. The lowest BCUT2D eigenvalue weighted by Crippen LogP contribution is -1.98. The number of ketones is 1. The minimum Gasteiger partial charge on any atom is -0.493 e. The molecule has 0 fully saturated rings. The SMILES string of the molecule is COc1cc(/C=C/C(C)=O)ccc1OCc1cn(-c2ccccc2Cl)nn1. The van der Waals surface area contributed by atoms with E-state index in [0.717, 1.165) is 11.3 Å². The topological polar surface area (TPSA) is 66.2 Å². The summed E-state index contributed by atoms with van der Waals surface area (Å²) >= 11 is 6.18. The first-order valence-corrected chi connectivity index (χ1v) is 8.60. The van der Waals surface area contributed by atoms with Gasteiger partial charge >= 0.3 is 0 Å². The molecule has 0 saturated heterocycles. The van der Waals surface area contributed by atoms with Gasteiger partial charge in [0, 0.05) is 0 Å². The second-order valence-corrected chi connectivity index (χ2v) is 6.16. The number of carbonyl (C=O) groups excluding carboxylic acids is 1. The minimum atomic E-state index is -0.0177. The molecule has 27 heavy (non-hydrogen) atoms. The quantitative estimate of drug-likeness (QED) is 0.574. The maximum atomic E-state index is 11.1. The number of aromatic nitrogens is 3. The van der Waals surface area contributed by atoms with Crippen LogP contribution in [-0.2, 0) is 11.4 Å². The molecule has 6 nitrogen and oxygen atoms in total. The maximum Gasteiger partial charge on any atom is 0.161 e. The third kappa shape index (κ3) is 4.74. The van der Waals surface area contributed by atoms with E-state index in [1.165, 1.54) is 13.0 Å². The van der Waals surface area contributed by atoms with E-state index in [9.17, 15) is 4.79 Å². The minimum absolute atomic E-state index is 0.0177. The smallest absolute Gasteiger partial charge is 0.161 e. The van der Waals surface area contributed by atoms with Crippen molar-refractivity contribution in [2.45, 2.75) is 13.5 Å². The Morgan fingerprint density at radius 2 is 2.04 bits per heavy atom. The number of hydrogen-bond acceptors (Lipinski definition) is 5. The summed E-state index contributed by atoms with van der Waals surface area (Å²) in [7, 11) is 1.56. The van der Waals surface area contributed by atoms with E-state index in [-0.39, 0.29) is 12.4 Å². The summed E-state index contributed by atoms with van der Waals surface area (Å²) in [5.74, 6) is 1.12. The van der Waals surface area contributed by atoms with Gasteiger partial charge in [0.15, 0.2) is 17.3 Å². The average molecular weight is 384 g/mol. The maximum absolute atomic E-state index is 11.1. The van der Waals surface area contributed by atoms with Crippen molar-refractivity contribution in [2.75, 3.05) is 7.11 Å². The second-order valence-electron chi connectivity index (χ2n) is 5.75. The van der Waals surface area contributed by atoms with E-state index in [1.807, 2.05) is 24.3 Å². The highest BCUT2D eigenvalue weighted by molar-refractivity contribution is 6.32. The monoisotopic (exact) mass is 383 g/mol. The fourth-order valence-electron chi connectivity index (χ4n) is 2.39. The van der Waals surface area contributed by atoms with Crippen LogP contribution in [0.3, 0.4) is 0 Å². The molecule has 0 amide bonds. The molecule has 0 N–H and O–H groups in total. The molecule has 0 atom stereocenters. The first-order chi connectivity index (χ1) is 13.1. The molecule has 138 valence electrons. The number of carbonyl (C=O) groups is 1. The Morgan fingerprint density at radius 1 is 1.22 bits per heavy atom. The van der Waals surface area contributed by atoms with Crippen LogP contribution in [-0.4, -0.2) is 27.9 Å². The van der Waals surface area contributed by atoms with Crippen LogP contribution in [0.5, 0.6) is 11.5 Å². The average Bonchev–Trinajstić information content (AvgIpc) is 3.14. The number of halogens is 1. The summed E-state index contributed by atoms with van der Waals surface area (Å²) in [4.78, 5) is 11.1. The Labute approximate surface area is 162 Å². The van der Waals surface area contributed by atoms with Crippen molar-refractivity contribution in [1.29, 1.82) is 0 Å². The van der Waals surface area contributed by atoms with E-state index >= 15 is 0 Å². The molecule has 0 spiro atoms. The van der Waals surface area contributed by atoms with Crippen molar-refractivity contribution in [3.63, 3.8) is 0 Å². The van der Waals surface area contributed by atoms with Crippen LogP contribution in [0.1, 0.15) is 18.2 Å². The van der Waals surface area contributed by atoms with Gasteiger partial charge in [-0.1, -0.05) is 41.1 Å². The molecular formula is C20H18ClN3O3. The zero-order valence-corrected chi connectivity index (χ0v) is 15.7. The molecule has 0 radical (unpaired) electrons. The van der Waals surface area contributed by atoms with Gasteiger partial charge in [0.2, 0.25) is 0 Å². The number of benzene rings is 2. The van der Waals surface area contributed by atoms with Crippen LogP contribution < -0.4 is 9.47 Å². The zero-order chi connectivity index (χ0) is 19.2. The molecule has 0 aliphatic rings. The summed E-state index contributed by atoms with van der Waals surface area (Å²) in [6, 6.07) is 12.8. The third-order valence-corrected chi connectivity index (χ3v) is 4.03. The Bertz CT molecular complexity index is 982. The molecule has 0 saturated carbocycles. The first-order valence-electron chi connectivity index (χ1n) is 8.22. The van der Waals surface area contributed by atoms with Crippen LogP contribution in [0.15, 0.2) is 54.7 Å². The number of rotatable bonds is 7. The summed E-state index contributed by atoms with van der Waals surface area (Å²) in [6.45, 7) is 1.73. The molecule has 1 aromatic heterocycles. The fourth-order valence-corrected chi connectivity index (χ4v) is 2.61. The predicted octanol–water partition coefficient (Wildman–Crippen LogP) is 4.11. The standard InChI is InChI=1S/C20H18ClN3O3/c1-14(25)7-8-15-9-10-19(20(11-15)26-2)27-13-16-12-24(23-22-16)18-6-4-3-5-17(18)21/h3-12H,13H2,1-2H3/b8-7+. The van der Waals surface area contributed by atoms with Gasteiger partial charge in [0.25, 0.3) is 0 Å². The van der Waals surface area contributed by atoms with Crippen LogP contribution in [0.4, 0.5) is 0 Å². The molecule has 0 aliphatic heterocycles. The van der Waals surface area contributed by atoms with E-state index in [4.69, 9.17) is 21.1 Å². The number of methoxy groups -OCH3 is 1. The van der Waals surface area contributed by atoms with Gasteiger partial charge in [-0.15, -0.1) is 5.10 Å². The van der Waals surface area contributed by atoms with E-state index in [2.05, 4.69) is 10.3 Å². The van der Waals surface area contributed by atoms with Gasteiger partial charge in [-0.25, -0.2) is 4.68 Å². The molecule has 2 aromatic carbocycles. The van der Waals surface area contributed by atoms with Crippen molar-refractivity contribution in [1.82, 2.24) is 15.0 Å². The Hall–Kier alpha value is -3.12. The summed E-state index contributed by atoms with van der Waals surface area (Å²) < 4.78 is 12.8. The van der Waals surface area contributed by atoms with Crippen LogP contribution in [0.25, 0.3) is 11.8 Å². The molecule has 0 unspecified atom stereocenters. The molecule has 0 bridgehead atoms. The van der Waals surface area contributed by atoms with Gasteiger partial charge in [0.1, 0.15) is 12.3 Å². The number of allylic oxidation sites excluding steroid dienone is 1. The van der Waals surface area contributed by atoms with Crippen molar-refractivity contribution < 1.29 is 14.3 Å². The number of ether oxygens (including phenoxy) is 2. The molecule has 1 heterocycles. The summed E-state index contributed by atoms with van der Waals surface area (Å²) in [5.41, 5.74) is 2.24. The summed E-state index contributed by atoms with van der Waals surface area (Å²) in [6.07, 6.45) is 4.99. The second kappa shape index (κ2) is 8.51. The lowest BCUT2D eigenvalue weighted by Gasteiger charge is -2.10. The Balaban J connectivity index is 1.72. The van der Waals surface area contributed by atoms with Gasteiger partial charge in [-0.3, -0.25) is 4.79 Å². The lowest BCUT2D eigenvalue weighted by atomic mass is 10.1. The highest BCUT2D eigenvalue weighted by atomic mass is 35.5. The predicted molar refractivity (Wildman–Crippen MR) is 103 cm³/mol. The Kier molecular flexibility index (Phi) is 5.88. The van der Waals surface area contributed by atoms with Crippen molar-refractivity contribution >= 4 is 23.5 Å². The number of hydrogen-bond donors (Lipinski definition) is 0. The highest BCUT2D eigenvalue weighted by Crippen LogP contribution is 2.29. The molecule has 0 aliphatic carbocycles. The third-order valence-electron chi connectivity index (χ3n) is 3.71. The molecular weight excluding hydrogens is 366 g/mol. The zero-order valence-electron chi connectivity index (χ0n) is 14.9. The van der Waals surface area contributed by atoms with Gasteiger partial charge in [0.05, 0.1) is 24.0 Å². The number of nitrogens with zero attached hydrogens (tertiary/aromatic N) is 3. The van der Waals surface area contributed by atoms with E-state index in [1.54, 1.807) is 42.3 Å². The van der Waals surface area contributed by atoms with Crippen LogP contribution >= 0.6 is 11.6 Å². The largest absolute Gasteiger partial charge is 0.493 e. The lowest BCUT2D eigenvalue weighted by molar-refractivity contribution is -0.112. The van der Waals surface area contributed by atoms with Crippen molar-refractivity contribution in [3.05, 3.63) is 71.0 Å². The van der Waals surface area contributed by atoms with Gasteiger partial charge in [-0.2, -0.15) is 0 Å². The van der Waals surface area contributed by atoms with Crippen LogP contribution in [0.2, 0.25) is 5.02 Å². The van der Waals surface area contributed by atoms with E-state index < -0.39 is 0 Å². The molecule has 7 heteroatoms. The van der Waals surface area contributed by atoms with Crippen molar-refractivity contribution in [3.8, 4) is 17.2 Å². The Morgan fingerprint density at radius 3 is 2.78 bits per heavy atom. The van der Waals surface area contributed by atoms with Gasteiger partial charge < -0.3 is 9.47 Å². The first kappa shape index (κ1) is 18.7. The summed E-state index contributed by atoms with van der Waals surface area (Å²) in [5, 5.41) is 8.79. The molecule has 3 aromatic rings. The van der Waals surface area contributed by atoms with E-state index in [0.29, 0.717) is 22.2 Å².